The van der Waals surface area contributed by atoms with Gasteiger partial charge in [0.2, 0.25) is 5.91 Å². The van der Waals surface area contributed by atoms with Crippen molar-refractivity contribution in [1.82, 2.24) is 10.2 Å². The molecule has 0 aromatic carbocycles. The normalized spacial score (nSPS) is 23.6. The third-order valence-electron chi connectivity index (χ3n) is 4.80. The summed E-state index contributed by atoms with van der Waals surface area (Å²) in [6.45, 7) is 5.98. The predicted molar refractivity (Wildman–Crippen MR) is 90.5 cm³/mol. The summed E-state index contributed by atoms with van der Waals surface area (Å²) in [5, 5.41) is 2.80. The van der Waals surface area contributed by atoms with Crippen LogP contribution in [0.4, 0.5) is 4.79 Å². The zero-order valence-corrected chi connectivity index (χ0v) is 15.0. The van der Waals surface area contributed by atoms with E-state index in [0.29, 0.717) is 13.0 Å². The van der Waals surface area contributed by atoms with Crippen LogP contribution in [0.2, 0.25) is 0 Å². The van der Waals surface area contributed by atoms with E-state index in [1.807, 2.05) is 0 Å². The molecule has 1 aliphatic carbocycles. The van der Waals surface area contributed by atoms with E-state index < -0.39 is 17.7 Å². The van der Waals surface area contributed by atoms with E-state index in [1.54, 1.807) is 25.7 Å². The highest BCUT2D eigenvalue weighted by molar-refractivity contribution is 5.88. The van der Waals surface area contributed by atoms with Gasteiger partial charge in [-0.25, -0.2) is 4.79 Å². The number of carbonyl (C=O) groups excluding carboxylic acids is 3. The van der Waals surface area contributed by atoms with Crippen molar-refractivity contribution in [2.75, 3.05) is 6.54 Å². The molecule has 0 radical (unpaired) electrons. The summed E-state index contributed by atoms with van der Waals surface area (Å²) >= 11 is 0. The van der Waals surface area contributed by atoms with E-state index in [9.17, 15) is 14.4 Å². The summed E-state index contributed by atoms with van der Waals surface area (Å²) in [6.07, 6.45) is 6.98. The van der Waals surface area contributed by atoms with Gasteiger partial charge in [0, 0.05) is 6.54 Å². The molecule has 136 valence electrons. The summed E-state index contributed by atoms with van der Waals surface area (Å²) in [5.74, 6) is -0.0194. The summed E-state index contributed by atoms with van der Waals surface area (Å²) in [4.78, 5) is 38.1. The molecule has 1 heterocycles. The van der Waals surface area contributed by atoms with Crippen LogP contribution >= 0.6 is 0 Å². The fourth-order valence-corrected chi connectivity index (χ4v) is 3.67. The molecule has 1 N–H and O–H groups in total. The van der Waals surface area contributed by atoms with Gasteiger partial charge in [0.05, 0.1) is 6.04 Å². The van der Waals surface area contributed by atoms with Gasteiger partial charge in [0.25, 0.3) is 0 Å². The van der Waals surface area contributed by atoms with Gasteiger partial charge in [-0.15, -0.1) is 0 Å². The van der Waals surface area contributed by atoms with E-state index in [1.165, 1.54) is 6.42 Å². The van der Waals surface area contributed by atoms with Crippen LogP contribution in [-0.2, 0) is 14.3 Å². The molecule has 0 bridgehead atoms. The lowest BCUT2D eigenvalue weighted by Gasteiger charge is -2.34. The first-order chi connectivity index (χ1) is 11.3. The Bertz CT molecular complexity index is 466. The van der Waals surface area contributed by atoms with E-state index in [2.05, 4.69) is 5.32 Å². The van der Waals surface area contributed by atoms with Crippen molar-refractivity contribution in [3.05, 3.63) is 0 Å². The highest BCUT2D eigenvalue weighted by Crippen LogP contribution is 2.29. The van der Waals surface area contributed by atoms with E-state index in [0.717, 1.165) is 38.4 Å². The summed E-state index contributed by atoms with van der Waals surface area (Å²) in [6, 6.07) is -0.954. The minimum absolute atomic E-state index is 0.117. The van der Waals surface area contributed by atoms with Gasteiger partial charge in [0.1, 0.15) is 17.9 Å². The molecule has 0 aromatic heterocycles. The van der Waals surface area contributed by atoms with Crippen molar-refractivity contribution < 1.29 is 19.1 Å². The van der Waals surface area contributed by atoms with Crippen molar-refractivity contribution >= 4 is 18.3 Å². The lowest BCUT2D eigenvalue weighted by atomic mass is 9.83. The Balaban J connectivity index is 2.11. The maximum Gasteiger partial charge on any atom is 0.408 e. The second-order valence-electron chi connectivity index (χ2n) is 7.90. The Morgan fingerprint density at radius 3 is 2.38 bits per heavy atom. The smallest absolute Gasteiger partial charge is 0.408 e. The average molecular weight is 338 g/mol. The van der Waals surface area contributed by atoms with Crippen LogP contribution in [0.25, 0.3) is 0 Å². The number of likely N-dealkylation sites (tertiary alicyclic amines) is 1. The molecule has 6 heteroatoms. The van der Waals surface area contributed by atoms with Gasteiger partial charge in [-0.05, 0) is 52.4 Å². The zero-order chi connectivity index (χ0) is 17.7. The number of hydrogen-bond acceptors (Lipinski definition) is 4. The molecule has 2 unspecified atom stereocenters. The highest BCUT2D eigenvalue weighted by atomic mass is 16.6. The van der Waals surface area contributed by atoms with Gasteiger partial charge >= 0.3 is 6.09 Å². The number of ether oxygens (including phenoxy) is 1. The molecule has 2 aliphatic rings. The van der Waals surface area contributed by atoms with Gasteiger partial charge in [-0.2, -0.15) is 0 Å². The minimum Gasteiger partial charge on any atom is -0.444 e. The number of carbonyl (C=O) groups is 3. The number of nitrogens with one attached hydrogen (secondary N) is 1. The fraction of sp³-hybridized carbons (Fsp3) is 0.833. The maximum atomic E-state index is 13.0. The van der Waals surface area contributed by atoms with Crippen LogP contribution in [0, 0.1) is 5.92 Å². The summed E-state index contributed by atoms with van der Waals surface area (Å²) < 4.78 is 5.33. The first-order valence-corrected chi connectivity index (χ1v) is 9.07. The molecule has 1 saturated carbocycles. The number of amides is 2. The average Bonchev–Trinajstić information content (AvgIpc) is 2.99. The molecule has 2 amide bonds. The monoisotopic (exact) mass is 338 g/mol. The molecular formula is C18H30N2O4. The third kappa shape index (κ3) is 4.95. The van der Waals surface area contributed by atoms with Crippen LogP contribution in [-0.4, -0.2) is 47.4 Å². The second-order valence-corrected chi connectivity index (χ2v) is 7.90. The lowest BCUT2D eigenvalue weighted by Crippen LogP contribution is -2.54. The summed E-state index contributed by atoms with van der Waals surface area (Å²) in [7, 11) is 0. The van der Waals surface area contributed by atoms with E-state index in [-0.39, 0.29) is 17.9 Å². The molecule has 0 aromatic rings. The maximum absolute atomic E-state index is 13.0. The molecular weight excluding hydrogens is 308 g/mol. The molecule has 2 rings (SSSR count). The SMILES string of the molecule is CC(C)(C)OC(=O)NC(C(=O)N1CCCC1C=O)C1CCCCC1. The quantitative estimate of drug-likeness (QED) is 0.800. The van der Waals surface area contributed by atoms with Crippen molar-refractivity contribution in [3.8, 4) is 0 Å². The minimum atomic E-state index is -0.608. The van der Waals surface area contributed by atoms with Crippen LogP contribution < -0.4 is 5.32 Å². The zero-order valence-electron chi connectivity index (χ0n) is 15.0. The molecule has 24 heavy (non-hydrogen) atoms. The Morgan fingerprint density at radius 2 is 1.79 bits per heavy atom. The van der Waals surface area contributed by atoms with E-state index >= 15 is 0 Å². The molecule has 2 atom stereocenters. The highest BCUT2D eigenvalue weighted by Gasteiger charge is 2.38. The Kier molecular flexibility index (Phi) is 6.24. The van der Waals surface area contributed by atoms with Gasteiger partial charge in [-0.1, -0.05) is 19.3 Å². The summed E-state index contributed by atoms with van der Waals surface area (Å²) in [5.41, 5.74) is -0.608. The standard InChI is InChI=1S/C18H30N2O4/c1-18(2,3)24-17(23)19-15(13-8-5-4-6-9-13)16(22)20-11-7-10-14(20)12-21/h12-15H,4-11H2,1-3H3,(H,19,23). The molecule has 0 spiro atoms. The molecule has 1 aliphatic heterocycles. The molecule has 2 fully saturated rings. The first-order valence-electron chi connectivity index (χ1n) is 9.07. The van der Waals surface area contributed by atoms with Crippen LogP contribution in [0.3, 0.4) is 0 Å². The first kappa shape index (κ1) is 18.7. The number of rotatable bonds is 4. The Hall–Kier alpha value is -1.59. The Morgan fingerprint density at radius 1 is 1.12 bits per heavy atom. The molecule has 6 nitrogen and oxygen atoms in total. The van der Waals surface area contributed by atoms with Crippen molar-refractivity contribution in [2.24, 2.45) is 5.92 Å². The topological polar surface area (TPSA) is 75.7 Å². The second kappa shape index (κ2) is 7.99. The lowest BCUT2D eigenvalue weighted by molar-refractivity contribution is -0.138. The fourth-order valence-electron chi connectivity index (χ4n) is 3.67. The Labute approximate surface area is 144 Å². The van der Waals surface area contributed by atoms with Gasteiger partial charge in [-0.3, -0.25) is 4.79 Å². The van der Waals surface area contributed by atoms with Gasteiger partial charge in [0.15, 0.2) is 0 Å². The number of nitrogens with zero attached hydrogens (tertiary/aromatic N) is 1. The van der Waals surface area contributed by atoms with Crippen molar-refractivity contribution in [3.63, 3.8) is 0 Å². The number of hydrogen-bond donors (Lipinski definition) is 1. The van der Waals surface area contributed by atoms with Crippen molar-refractivity contribution in [1.29, 1.82) is 0 Å². The van der Waals surface area contributed by atoms with Crippen molar-refractivity contribution in [2.45, 2.75) is 83.4 Å². The number of alkyl carbamates (subject to hydrolysis) is 1. The van der Waals surface area contributed by atoms with Gasteiger partial charge < -0.3 is 19.7 Å². The van der Waals surface area contributed by atoms with Crippen LogP contribution in [0.5, 0.6) is 0 Å². The van der Waals surface area contributed by atoms with Crippen LogP contribution in [0.1, 0.15) is 65.7 Å². The predicted octanol–water partition coefficient (Wildman–Crippen LogP) is 2.65. The number of aldehydes is 1. The third-order valence-corrected chi connectivity index (χ3v) is 4.80. The molecule has 1 saturated heterocycles. The van der Waals surface area contributed by atoms with Crippen LogP contribution in [0.15, 0.2) is 0 Å². The van der Waals surface area contributed by atoms with E-state index in [4.69, 9.17) is 4.74 Å². The largest absolute Gasteiger partial charge is 0.444 e.